The molecule has 3 aromatic rings. The number of carbonyl (C=O) groups is 2. The van der Waals surface area contributed by atoms with Crippen LogP contribution in [-0.2, 0) is 0 Å². The van der Waals surface area contributed by atoms with E-state index in [9.17, 15) is 19.7 Å². The molecule has 1 aromatic heterocycles. The number of fused-ring (bicyclic) bond motifs is 1. The molecule has 0 unspecified atom stereocenters. The topological polar surface area (TPSA) is 114 Å². The Morgan fingerprint density at radius 2 is 1.81 bits per heavy atom. The predicted octanol–water partition coefficient (Wildman–Crippen LogP) is 3.45. The number of para-hydroxylation sites is 1. The third-order valence-electron chi connectivity index (χ3n) is 3.98. The van der Waals surface area contributed by atoms with Crippen LogP contribution in [0.3, 0.4) is 0 Å². The lowest BCUT2D eigenvalue weighted by atomic mass is 10.1. The summed E-state index contributed by atoms with van der Waals surface area (Å²) in [5.74, 6) is -1.38. The molecule has 0 aliphatic carbocycles. The zero-order chi connectivity index (χ0) is 19.6. The van der Waals surface area contributed by atoms with E-state index in [2.05, 4.69) is 10.9 Å². The normalized spacial score (nSPS) is 10.6. The van der Waals surface area contributed by atoms with Crippen LogP contribution in [0.15, 0.2) is 51.8 Å². The molecule has 0 spiro atoms. The van der Waals surface area contributed by atoms with Gasteiger partial charge in [0, 0.05) is 21.9 Å². The molecule has 9 heteroatoms. The first kappa shape index (κ1) is 18.5. The monoisotopic (exact) mass is 385 g/mol. The van der Waals surface area contributed by atoms with Gasteiger partial charge in [-0.2, -0.15) is 0 Å². The SMILES string of the molecule is CSc1ccc([N+](=O)[O-])c(C(=O)NNC(=O)c2oc3ccccc3c2C)c1. The summed E-state index contributed by atoms with van der Waals surface area (Å²) in [5.41, 5.74) is 5.13. The molecule has 2 amide bonds. The van der Waals surface area contributed by atoms with E-state index in [-0.39, 0.29) is 17.0 Å². The fourth-order valence-electron chi connectivity index (χ4n) is 2.61. The van der Waals surface area contributed by atoms with E-state index in [1.54, 1.807) is 31.4 Å². The zero-order valence-corrected chi connectivity index (χ0v) is 15.3. The van der Waals surface area contributed by atoms with Crippen molar-refractivity contribution in [1.29, 1.82) is 0 Å². The molecule has 0 saturated carbocycles. The van der Waals surface area contributed by atoms with Gasteiger partial charge in [0.2, 0.25) is 0 Å². The number of nitro benzene ring substituents is 1. The number of benzene rings is 2. The van der Waals surface area contributed by atoms with Crippen molar-refractivity contribution < 1.29 is 18.9 Å². The summed E-state index contributed by atoms with van der Waals surface area (Å²) in [7, 11) is 0. The summed E-state index contributed by atoms with van der Waals surface area (Å²) >= 11 is 1.34. The minimum absolute atomic E-state index is 0.0591. The fourth-order valence-corrected chi connectivity index (χ4v) is 3.05. The summed E-state index contributed by atoms with van der Waals surface area (Å²) in [6.45, 7) is 1.73. The summed E-state index contributed by atoms with van der Waals surface area (Å²) < 4.78 is 5.52. The molecule has 0 fully saturated rings. The molecule has 0 saturated heterocycles. The second kappa shape index (κ2) is 7.50. The smallest absolute Gasteiger partial charge is 0.305 e. The first-order valence-corrected chi connectivity index (χ1v) is 9.06. The lowest BCUT2D eigenvalue weighted by Gasteiger charge is -2.08. The first-order chi connectivity index (χ1) is 12.9. The number of amides is 2. The Kier molecular flexibility index (Phi) is 5.13. The van der Waals surface area contributed by atoms with Crippen molar-refractivity contribution in [3.05, 3.63) is 69.5 Å². The Hall–Kier alpha value is -3.33. The number of carbonyl (C=O) groups excluding carboxylic acids is 2. The number of nitrogens with zero attached hydrogens (tertiary/aromatic N) is 1. The largest absolute Gasteiger partial charge is 0.451 e. The van der Waals surface area contributed by atoms with Gasteiger partial charge in [-0.3, -0.25) is 30.6 Å². The highest BCUT2D eigenvalue weighted by Crippen LogP contribution is 2.26. The number of hydrogen-bond acceptors (Lipinski definition) is 6. The van der Waals surface area contributed by atoms with Crippen molar-refractivity contribution in [3.8, 4) is 0 Å². The Labute approximate surface area is 158 Å². The third-order valence-corrected chi connectivity index (χ3v) is 4.71. The van der Waals surface area contributed by atoms with Crippen LogP contribution in [0.2, 0.25) is 0 Å². The molecule has 0 bridgehead atoms. The summed E-state index contributed by atoms with van der Waals surface area (Å²) in [4.78, 5) is 35.9. The van der Waals surface area contributed by atoms with E-state index in [0.29, 0.717) is 16.0 Å². The number of nitro groups is 1. The van der Waals surface area contributed by atoms with Crippen LogP contribution < -0.4 is 10.9 Å². The highest BCUT2D eigenvalue weighted by molar-refractivity contribution is 7.98. The second-order valence-electron chi connectivity index (χ2n) is 5.60. The van der Waals surface area contributed by atoms with E-state index in [1.165, 1.54) is 23.9 Å². The summed E-state index contributed by atoms with van der Waals surface area (Å²) in [5, 5.41) is 11.9. The van der Waals surface area contributed by atoms with Crippen LogP contribution in [-0.4, -0.2) is 23.0 Å². The Morgan fingerprint density at radius 1 is 1.11 bits per heavy atom. The van der Waals surface area contributed by atoms with Gasteiger partial charge < -0.3 is 4.42 Å². The van der Waals surface area contributed by atoms with Gasteiger partial charge in [0.15, 0.2) is 5.76 Å². The molecule has 2 N–H and O–H groups in total. The van der Waals surface area contributed by atoms with Crippen LogP contribution >= 0.6 is 11.8 Å². The van der Waals surface area contributed by atoms with E-state index < -0.39 is 16.7 Å². The molecule has 0 aliphatic rings. The molecular formula is C18H15N3O5S. The van der Waals surface area contributed by atoms with Crippen LogP contribution in [0.25, 0.3) is 11.0 Å². The summed E-state index contributed by atoms with van der Waals surface area (Å²) in [6, 6.07) is 11.4. The Bertz CT molecular complexity index is 1060. The van der Waals surface area contributed by atoms with E-state index in [0.717, 1.165) is 5.39 Å². The second-order valence-corrected chi connectivity index (χ2v) is 6.48. The number of aryl methyl sites for hydroxylation is 1. The minimum atomic E-state index is -0.792. The molecule has 8 nitrogen and oxygen atoms in total. The van der Waals surface area contributed by atoms with Crippen molar-refractivity contribution in [2.75, 3.05) is 6.26 Å². The van der Waals surface area contributed by atoms with Gasteiger partial charge in [-0.1, -0.05) is 18.2 Å². The molecule has 0 aliphatic heterocycles. The standard InChI is InChI=1S/C18H15N3O5S/c1-10-12-5-3-4-6-15(12)26-16(10)18(23)20-19-17(22)13-9-11(27-2)7-8-14(13)21(24)25/h3-9H,1-2H3,(H,19,22)(H,20,23). The van der Waals surface area contributed by atoms with Gasteiger partial charge in [0.05, 0.1) is 4.92 Å². The maximum atomic E-state index is 12.4. The maximum Gasteiger partial charge on any atom is 0.305 e. The average Bonchev–Trinajstić information content (AvgIpc) is 3.02. The first-order valence-electron chi connectivity index (χ1n) is 7.83. The molecule has 0 atom stereocenters. The lowest BCUT2D eigenvalue weighted by molar-refractivity contribution is -0.385. The van der Waals surface area contributed by atoms with Crippen LogP contribution in [0, 0.1) is 17.0 Å². The number of furan rings is 1. The fraction of sp³-hybridized carbons (Fsp3) is 0.111. The Balaban J connectivity index is 1.80. The molecular weight excluding hydrogens is 370 g/mol. The number of hydrazine groups is 1. The number of rotatable bonds is 4. The Morgan fingerprint density at radius 3 is 2.48 bits per heavy atom. The van der Waals surface area contributed by atoms with E-state index in [1.807, 2.05) is 12.1 Å². The van der Waals surface area contributed by atoms with Crippen molar-refractivity contribution >= 4 is 40.2 Å². The van der Waals surface area contributed by atoms with Gasteiger partial charge in [0.1, 0.15) is 11.1 Å². The van der Waals surface area contributed by atoms with Gasteiger partial charge in [-0.25, -0.2) is 0 Å². The molecule has 138 valence electrons. The minimum Gasteiger partial charge on any atom is -0.451 e. The van der Waals surface area contributed by atoms with E-state index in [4.69, 9.17) is 4.42 Å². The third kappa shape index (κ3) is 3.63. The highest BCUT2D eigenvalue weighted by atomic mass is 32.2. The predicted molar refractivity (Wildman–Crippen MR) is 101 cm³/mol. The zero-order valence-electron chi connectivity index (χ0n) is 14.4. The molecule has 1 heterocycles. The molecule has 27 heavy (non-hydrogen) atoms. The van der Waals surface area contributed by atoms with Crippen LogP contribution in [0.5, 0.6) is 0 Å². The average molecular weight is 385 g/mol. The molecule has 0 radical (unpaired) electrons. The van der Waals surface area contributed by atoms with Crippen molar-refractivity contribution in [3.63, 3.8) is 0 Å². The van der Waals surface area contributed by atoms with Gasteiger partial charge in [-0.05, 0) is 31.4 Å². The van der Waals surface area contributed by atoms with Crippen molar-refractivity contribution in [2.24, 2.45) is 0 Å². The van der Waals surface area contributed by atoms with Crippen LogP contribution in [0.1, 0.15) is 26.5 Å². The van der Waals surface area contributed by atoms with Crippen molar-refractivity contribution in [1.82, 2.24) is 10.9 Å². The molecule has 3 rings (SSSR count). The maximum absolute atomic E-state index is 12.4. The molecule has 2 aromatic carbocycles. The quantitative estimate of drug-likeness (QED) is 0.404. The number of thioether (sulfide) groups is 1. The van der Waals surface area contributed by atoms with E-state index >= 15 is 0 Å². The lowest BCUT2D eigenvalue weighted by Crippen LogP contribution is -2.41. The van der Waals surface area contributed by atoms with Crippen molar-refractivity contribution in [2.45, 2.75) is 11.8 Å². The van der Waals surface area contributed by atoms with Gasteiger partial charge in [0.25, 0.3) is 11.6 Å². The van der Waals surface area contributed by atoms with Crippen LogP contribution in [0.4, 0.5) is 5.69 Å². The number of nitrogens with one attached hydrogen (secondary N) is 2. The highest BCUT2D eigenvalue weighted by Gasteiger charge is 2.22. The van der Waals surface area contributed by atoms with Gasteiger partial charge in [-0.15, -0.1) is 11.8 Å². The number of hydrogen-bond donors (Lipinski definition) is 2. The van der Waals surface area contributed by atoms with Gasteiger partial charge >= 0.3 is 5.91 Å². The summed E-state index contributed by atoms with van der Waals surface area (Å²) in [6.07, 6.45) is 1.79.